The highest BCUT2D eigenvalue weighted by Crippen LogP contribution is 2.27. The molecule has 1 aliphatic carbocycles. The summed E-state index contributed by atoms with van der Waals surface area (Å²) in [7, 11) is 0. The van der Waals surface area contributed by atoms with Crippen LogP contribution in [-0.2, 0) is 9.59 Å². The Morgan fingerprint density at radius 2 is 1.83 bits per heavy atom. The molecule has 1 heterocycles. The van der Waals surface area contributed by atoms with E-state index in [2.05, 4.69) is 5.32 Å². The van der Waals surface area contributed by atoms with Gasteiger partial charge in [0.2, 0.25) is 0 Å². The standard InChI is InChI=1S/C18H20N2O4/c1-2-24-14-9-7-12(8-10-14)11-15-16(21)19-18(23)20(17(15)22)13-5-3-4-6-13/h7-11,13H,2-6H2,1H3,(H,19,21,23)/b15-11+. The number of benzene rings is 1. The summed E-state index contributed by atoms with van der Waals surface area (Å²) >= 11 is 0. The van der Waals surface area contributed by atoms with Gasteiger partial charge in [-0.2, -0.15) is 0 Å². The van der Waals surface area contributed by atoms with Gasteiger partial charge in [-0.3, -0.25) is 19.8 Å². The van der Waals surface area contributed by atoms with Gasteiger partial charge in [-0.15, -0.1) is 0 Å². The van der Waals surface area contributed by atoms with Gasteiger partial charge >= 0.3 is 6.03 Å². The number of rotatable bonds is 4. The fourth-order valence-electron chi connectivity index (χ4n) is 3.16. The highest BCUT2D eigenvalue weighted by atomic mass is 16.5. The number of urea groups is 1. The van der Waals surface area contributed by atoms with Crippen LogP contribution in [0.4, 0.5) is 4.79 Å². The maximum atomic E-state index is 12.7. The number of nitrogens with one attached hydrogen (secondary N) is 1. The maximum absolute atomic E-state index is 12.7. The van der Waals surface area contributed by atoms with Crippen LogP contribution in [0.15, 0.2) is 29.8 Å². The van der Waals surface area contributed by atoms with E-state index in [4.69, 9.17) is 4.74 Å². The Hall–Kier alpha value is -2.63. The van der Waals surface area contributed by atoms with Crippen LogP contribution < -0.4 is 10.1 Å². The molecule has 3 rings (SSSR count). The van der Waals surface area contributed by atoms with Crippen molar-refractivity contribution in [3.8, 4) is 5.75 Å². The van der Waals surface area contributed by atoms with Gasteiger partial charge in [0.15, 0.2) is 0 Å². The predicted octanol–water partition coefficient (Wildman–Crippen LogP) is 2.49. The number of carbonyl (C=O) groups excluding carboxylic acids is 3. The van der Waals surface area contributed by atoms with Crippen molar-refractivity contribution in [3.05, 3.63) is 35.4 Å². The predicted molar refractivity (Wildman–Crippen MR) is 88.2 cm³/mol. The quantitative estimate of drug-likeness (QED) is 0.680. The van der Waals surface area contributed by atoms with Crippen molar-refractivity contribution >= 4 is 23.9 Å². The SMILES string of the molecule is CCOc1ccc(/C=C2\C(=O)NC(=O)N(C3CCCC3)C2=O)cc1. The second-order valence-electron chi connectivity index (χ2n) is 5.93. The molecular formula is C18H20N2O4. The van der Waals surface area contributed by atoms with E-state index in [0.717, 1.165) is 31.4 Å². The first-order valence-corrected chi connectivity index (χ1v) is 8.23. The van der Waals surface area contributed by atoms with E-state index in [-0.39, 0.29) is 11.6 Å². The molecular weight excluding hydrogens is 308 g/mol. The van der Waals surface area contributed by atoms with E-state index in [1.54, 1.807) is 24.3 Å². The van der Waals surface area contributed by atoms with Crippen LogP contribution in [-0.4, -0.2) is 35.4 Å². The number of ether oxygens (including phenoxy) is 1. The number of carbonyl (C=O) groups is 3. The summed E-state index contributed by atoms with van der Waals surface area (Å²) in [6.45, 7) is 2.47. The molecule has 1 saturated carbocycles. The van der Waals surface area contributed by atoms with Gasteiger partial charge in [-0.05, 0) is 43.5 Å². The van der Waals surface area contributed by atoms with Crippen LogP contribution in [0.2, 0.25) is 0 Å². The monoisotopic (exact) mass is 328 g/mol. The number of amides is 4. The third kappa shape index (κ3) is 3.18. The minimum Gasteiger partial charge on any atom is -0.494 e. The first-order chi connectivity index (χ1) is 11.6. The van der Waals surface area contributed by atoms with Crippen LogP contribution in [0.1, 0.15) is 38.2 Å². The Balaban J connectivity index is 1.85. The first kappa shape index (κ1) is 16.2. The molecule has 24 heavy (non-hydrogen) atoms. The Morgan fingerprint density at radius 3 is 2.46 bits per heavy atom. The van der Waals surface area contributed by atoms with Crippen molar-refractivity contribution in [2.75, 3.05) is 6.61 Å². The molecule has 1 saturated heterocycles. The number of imide groups is 2. The largest absolute Gasteiger partial charge is 0.494 e. The third-order valence-electron chi connectivity index (χ3n) is 4.33. The van der Waals surface area contributed by atoms with E-state index >= 15 is 0 Å². The zero-order chi connectivity index (χ0) is 17.1. The second kappa shape index (κ2) is 6.86. The fourth-order valence-corrected chi connectivity index (χ4v) is 3.16. The lowest BCUT2D eigenvalue weighted by molar-refractivity contribution is -0.131. The van der Waals surface area contributed by atoms with Gasteiger partial charge in [0.05, 0.1) is 6.61 Å². The number of barbiturate groups is 1. The van der Waals surface area contributed by atoms with Crippen molar-refractivity contribution in [2.24, 2.45) is 0 Å². The molecule has 6 heteroatoms. The van der Waals surface area contributed by atoms with Crippen molar-refractivity contribution < 1.29 is 19.1 Å². The Morgan fingerprint density at radius 1 is 1.17 bits per heavy atom. The number of hydrogen-bond acceptors (Lipinski definition) is 4. The summed E-state index contributed by atoms with van der Waals surface area (Å²) in [6, 6.07) is 6.38. The molecule has 0 aromatic heterocycles. The summed E-state index contributed by atoms with van der Waals surface area (Å²) in [5, 5.41) is 2.27. The van der Waals surface area contributed by atoms with Gasteiger partial charge < -0.3 is 4.74 Å². The van der Waals surface area contributed by atoms with Crippen LogP contribution >= 0.6 is 0 Å². The van der Waals surface area contributed by atoms with E-state index in [1.807, 2.05) is 6.92 Å². The molecule has 0 unspecified atom stereocenters. The first-order valence-electron chi connectivity index (χ1n) is 8.23. The van der Waals surface area contributed by atoms with Gasteiger partial charge in [0.1, 0.15) is 11.3 Å². The third-order valence-corrected chi connectivity index (χ3v) is 4.33. The van der Waals surface area contributed by atoms with Crippen LogP contribution in [0, 0.1) is 0 Å². The van der Waals surface area contributed by atoms with E-state index in [0.29, 0.717) is 12.2 Å². The molecule has 0 radical (unpaired) electrons. The highest BCUT2D eigenvalue weighted by molar-refractivity contribution is 6.31. The highest BCUT2D eigenvalue weighted by Gasteiger charge is 2.40. The lowest BCUT2D eigenvalue weighted by Gasteiger charge is -2.31. The van der Waals surface area contributed by atoms with Crippen LogP contribution in [0.5, 0.6) is 5.75 Å². The molecule has 0 spiro atoms. The fraction of sp³-hybridized carbons (Fsp3) is 0.389. The molecule has 126 valence electrons. The van der Waals surface area contributed by atoms with E-state index in [1.165, 1.54) is 11.0 Å². The minimum atomic E-state index is -0.645. The van der Waals surface area contributed by atoms with Crippen molar-refractivity contribution in [2.45, 2.75) is 38.6 Å². The van der Waals surface area contributed by atoms with Gasteiger partial charge in [-0.25, -0.2) is 4.79 Å². The topological polar surface area (TPSA) is 75.7 Å². The second-order valence-corrected chi connectivity index (χ2v) is 5.93. The molecule has 1 aromatic rings. The Bertz CT molecular complexity index is 687. The molecule has 2 fully saturated rings. The summed E-state index contributed by atoms with van der Waals surface area (Å²) < 4.78 is 5.37. The zero-order valence-corrected chi connectivity index (χ0v) is 13.6. The van der Waals surface area contributed by atoms with E-state index in [9.17, 15) is 14.4 Å². The van der Waals surface area contributed by atoms with E-state index < -0.39 is 17.8 Å². The van der Waals surface area contributed by atoms with Gasteiger partial charge in [0, 0.05) is 6.04 Å². The zero-order valence-electron chi connectivity index (χ0n) is 13.6. The minimum absolute atomic E-state index is 0.00865. The summed E-state index contributed by atoms with van der Waals surface area (Å²) in [6.07, 6.45) is 5.09. The lowest BCUT2D eigenvalue weighted by Crippen LogP contribution is -2.57. The van der Waals surface area contributed by atoms with Gasteiger partial charge in [-0.1, -0.05) is 25.0 Å². The smallest absolute Gasteiger partial charge is 0.331 e. The number of hydrogen-bond donors (Lipinski definition) is 1. The van der Waals surface area contributed by atoms with Crippen molar-refractivity contribution in [3.63, 3.8) is 0 Å². The molecule has 4 amide bonds. The summed E-state index contributed by atoms with van der Waals surface area (Å²) in [5.41, 5.74) is 0.698. The molecule has 0 bridgehead atoms. The molecule has 1 aliphatic heterocycles. The van der Waals surface area contributed by atoms with Crippen molar-refractivity contribution in [1.82, 2.24) is 10.2 Å². The molecule has 1 N–H and O–H groups in total. The molecule has 0 atom stereocenters. The molecule has 1 aromatic carbocycles. The molecule has 2 aliphatic rings. The normalized spacial score (nSPS) is 20.6. The maximum Gasteiger partial charge on any atom is 0.331 e. The average Bonchev–Trinajstić information content (AvgIpc) is 3.07. The van der Waals surface area contributed by atoms with Crippen LogP contribution in [0.25, 0.3) is 6.08 Å². The van der Waals surface area contributed by atoms with Crippen LogP contribution in [0.3, 0.4) is 0 Å². The Labute approximate surface area is 140 Å². The average molecular weight is 328 g/mol. The lowest BCUT2D eigenvalue weighted by atomic mass is 10.1. The van der Waals surface area contributed by atoms with Crippen molar-refractivity contribution in [1.29, 1.82) is 0 Å². The summed E-state index contributed by atoms with van der Waals surface area (Å²) in [5.74, 6) is -0.431. The number of nitrogens with zero attached hydrogens (tertiary/aromatic N) is 1. The summed E-state index contributed by atoms with van der Waals surface area (Å²) in [4.78, 5) is 38.0. The van der Waals surface area contributed by atoms with Gasteiger partial charge in [0.25, 0.3) is 11.8 Å². The Kier molecular flexibility index (Phi) is 4.64. The molecule has 6 nitrogen and oxygen atoms in total.